The topological polar surface area (TPSA) is 71.1 Å². The molecule has 12 rings (SSSR count). The van der Waals surface area contributed by atoms with Crippen LogP contribution in [0.15, 0.2) is 137 Å². The van der Waals surface area contributed by atoms with Crippen LogP contribution in [-0.4, -0.2) is 92.9 Å². The fourth-order valence-corrected chi connectivity index (χ4v) is 23.5. The molecule has 2 fully saturated rings. The van der Waals surface area contributed by atoms with Gasteiger partial charge in [-0.15, -0.1) is 23.5 Å². The Morgan fingerprint density at radius 1 is 0.318 bits per heavy atom. The number of halogens is 12. The predicted molar refractivity (Wildman–Crippen MR) is 425 cm³/mol. The molecule has 0 radical (unpaired) electrons. The summed E-state index contributed by atoms with van der Waals surface area (Å²) in [5.41, 5.74) is -5.33. The second kappa shape index (κ2) is 34.4. The highest BCUT2D eigenvalue weighted by molar-refractivity contribution is 8.10. The van der Waals surface area contributed by atoms with Gasteiger partial charge in [-0.05, 0) is 169 Å². The van der Waals surface area contributed by atoms with Crippen molar-refractivity contribution in [3.05, 3.63) is 149 Å². The monoisotopic (exact) mass is 1610 g/mol. The number of carbonyl (C=O) groups is 2. The van der Waals surface area contributed by atoms with Gasteiger partial charge in [0.2, 0.25) is 0 Å². The second-order valence-electron chi connectivity index (χ2n) is 32.0. The van der Waals surface area contributed by atoms with Gasteiger partial charge in [0.25, 0.3) is 0 Å². The lowest BCUT2D eigenvalue weighted by Crippen LogP contribution is -2.49. The van der Waals surface area contributed by atoms with Gasteiger partial charge >= 0.3 is 47.5 Å². The molecule has 0 saturated heterocycles. The largest absolute Gasteiger partial charge is 0.487 e. The standard InChI is InChI=1S/C88H106F12O6S4/c1-7-9-11-13-15-17-19-21-23-25-27-29-31-35-49-103-69-55-65-75-73(83(89,90)87(97,98)85(75,93)94)63-53-67(107-79(63,3)81(65,5)109-69)77(101)105-51-37-33-39-57-41-43-59-46-48-62-58(42-44-60-45-47-61(57)71(59)72(60)62)40-34-38-52-106-78(102)68-54-64-74-76(86(95,96)88(99,100)84(74,91)92)66-56-70(110-82(66,6)80(64,4)108-68)104-50-36-32-30-28-26-24-22-20-18-16-14-12-10-8-2/h41-48,53-56H,7-40,49-52H2,1-6H3. The van der Waals surface area contributed by atoms with E-state index in [1.54, 1.807) is 13.8 Å². The normalized spacial score (nSPS) is 24.8. The van der Waals surface area contributed by atoms with Crippen LogP contribution >= 0.6 is 47.0 Å². The number of carbonyl (C=O) groups excluding carboxylic acids is 2. The highest BCUT2D eigenvalue weighted by atomic mass is 32.2. The molecule has 4 aromatic carbocycles. The Labute approximate surface area is 657 Å². The average Bonchev–Trinajstić information content (AvgIpc) is 1.49. The lowest BCUT2D eigenvalue weighted by atomic mass is 9.71. The molecule has 4 unspecified atom stereocenters. The van der Waals surface area contributed by atoms with Crippen LogP contribution in [0.25, 0.3) is 32.3 Å². The van der Waals surface area contributed by atoms with E-state index >= 15 is 52.7 Å². The molecule has 4 heterocycles. The maximum Gasteiger partial charge on any atom is 0.380 e. The summed E-state index contributed by atoms with van der Waals surface area (Å²) in [4.78, 5) is 27.6. The first-order valence-corrected chi connectivity index (χ1v) is 43.9. The molecule has 0 aromatic heterocycles. The van der Waals surface area contributed by atoms with Crippen molar-refractivity contribution in [1.82, 2.24) is 0 Å². The first kappa shape index (κ1) is 84.3. The first-order valence-electron chi connectivity index (χ1n) is 40.6. The van der Waals surface area contributed by atoms with Crippen molar-refractivity contribution in [3.63, 3.8) is 0 Å². The van der Waals surface area contributed by atoms with Gasteiger partial charge in [-0.25, -0.2) is 9.59 Å². The van der Waals surface area contributed by atoms with E-state index in [0.717, 1.165) is 154 Å². The number of fused-ring (bicyclic) bond motifs is 8. The van der Waals surface area contributed by atoms with Crippen molar-refractivity contribution in [3.8, 4) is 0 Å². The van der Waals surface area contributed by atoms with Crippen LogP contribution in [0.1, 0.15) is 258 Å². The number of benzene rings is 4. The molecule has 4 aliphatic heterocycles. The van der Waals surface area contributed by atoms with E-state index in [4.69, 9.17) is 18.9 Å². The van der Waals surface area contributed by atoms with Gasteiger partial charge in [-0.3, -0.25) is 0 Å². The molecular weight excluding hydrogens is 1510 g/mol. The minimum Gasteiger partial charge on any atom is -0.487 e. The summed E-state index contributed by atoms with van der Waals surface area (Å²) in [7, 11) is 0. The first-order chi connectivity index (χ1) is 52.4. The van der Waals surface area contributed by atoms with Crippen molar-refractivity contribution < 1.29 is 81.2 Å². The Kier molecular flexibility index (Phi) is 26.4. The number of allylic oxidation sites excluding steroid dienone is 8. The van der Waals surface area contributed by atoms with Gasteiger partial charge in [-0.2, -0.15) is 52.7 Å². The Hall–Kier alpha value is -5.06. The van der Waals surface area contributed by atoms with Gasteiger partial charge in [0, 0.05) is 22.3 Å². The van der Waals surface area contributed by atoms with Gasteiger partial charge in [0.05, 0.1) is 55.2 Å². The summed E-state index contributed by atoms with van der Waals surface area (Å²) in [6.45, 7) is 10.9. The number of hydrogen-bond donors (Lipinski definition) is 0. The number of aryl methyl sites for hydroxylation is 2. The van der Waals surface area contributed by atoms with E-state index < -0.39 is 99.9 Å². The maximum absolute atomic E-state index is 16.1. The zero-order valence-electron chi connectivity index (χ0n) is 64.4. The van der Waals surface area contributed by atoms with Crippen molar-refractivity contribution in [1.29, 1.82) is 0 Å². The lowest BCUT2D eigenvalue weighted by molar-refractivity contribution is -0.258. The predicted octanol–water partition coefficient (Wildman–Crippen LogP) is 27.8. The molecule has 22 heteroatoms. The van der Waals surface area contributed by atoms with Gasteiger partial charge in [-0.1, -0.05) is 253 Å². The van der Waals surface area contributed by atoms with Crippen LogP contribution < -0.4 is 0 Å². The number of thioether (sulfide) groups is 4. The van der Waals surface area contributed by atoms with Crippen LogP contribution in [-0.2, 0) is 41.4 Å². The second-order valence-corrected chi connectivity index (χ2v) is 37.8. The van der Waals surface area contributed by atoms with Crippen molar-refractivity contribution in [2.24, 2.45) is 0 Å². The summed E-state index contributed by atoms with van der Waals surface area (Å²) >= 11 is 3.75. The fraction of sp³-hybridized carbons (Fsp3) is 0.614. The summed E-state index contributed by atoms with van der Waals surface area (Å²) < 4.78 is 208. The molecule has 2 saturated carbocycles. The van der Waals surface area contributed by atoms with Crippen LogP contribution in [0.2, 0.25) is 0 Å². The van der Waals surface area contributed by atoms with E-state index in [0.29, 0.717) is 51.4 Å². The van der Waals surface area contributed by atoms with Crippen molar-refractivity contribution >= 4 is 91.3 Å². The molecule has 602 valence electrons. The number of unbranched alkanes of at least 4 members (excludes halogenated alkanes) is 28. The third-order valence-corrected chi connectivity index (χ3v) is 30.8. The Morgan fingerprint density at radius 2 is 0.582 bits per heavy atom. The molecule has 4 aromatic rings. The van der Waals surface area contributed by atoms with Gasteiger partial charge in [0.15, 0.2) is 10.2 Å². The molecule has 8 aliphatic rings. The number of alkyl halides is 12. The molecule has 110 heavy (non-hydrogen) atoms. The van der Waals surface area contributed by atoms with Crippen molar-refractivity contribution in [2.75, 3.05) is 26.4 Å². The molecular formula is C88H106F12O6S4. The Bertz CT molecular complexity index is 4050. The van der Waals surface area contributed by atoms with E-state index in [2.05, 4.69) is 62.4 Å². The van der Waals surface area contributed by atoms with Crippen LogP contribution in [0.3, 0.4) is 0 Å². The van der Waals surface area contributed by atoms with Gasteiger partial charge < -0.3 is 18.9 Å². The number of hydrogen-bond acceptors (Lipinski definition) is 10. The van der Waals surface area contributed by atoms with Crippen LogP contribution in [0.4, 0.5) is 52.7 Å². The van der Waals surface area contributed by atoms with E-state index in [1.807, 2.05) is 0 Å². The van der Waals surface area contributed by atoms with E-state index in [9.17, 15) is 9.59 Å². The Morgan fingerprint density at radius 3 is 0.891 bits per heavy atom. The number of rotatable bonds is 44. The maximum atomic E-state index is 16.1. The number of ether oxygens (including phenoxy) is 4. The zero-order chi connectivity index (χ0) is 78.7. The van der Waals surface area contributed by atoms with Crippen LogP contribution in [0.5, 0.6) is 0 Å². The summed E-state index contributed by atoms with van der Waals surface area (Å²) in [6, 6.07) is 16.5. The smallest absolute Gasteiger partial charge is 0.380 e. The highest BCUT2D eigenvalue weighted by Gasteiger charge is 2.86. The van der Waals surface area contributed by atoms with Crippen molar-refractivity contribution in [2.45, 2.75) is 314 Å². The Balaban J connectivity index is 0.622. The minimum absolute atomic E-state index is 0.0730. The zero-order valence-corrected chi connectivity index (χ0v) is 67.7. The van der Waals surface area contributed by atoms with Gasteiger partial charge in [0.1, 0.15) is 0 Å². The summed E-state index contributed by atoms with van der Waals surface area (Å²) in [5.74, 6) is -34.2. The number of esters is 2. The molecule has 0 bridgehead atoms. The molecule has 4 aliphatic carbocycles. The molecule has 0 amide bonds. The van der Waals surface area contributed by atoms with E-state index in [1.165, 1.54) is 142 Å². The molecule has 6 nitrogen and oxygen atoms in total. The third kappa shape index (κ3) is 15.5. The SMILES string of the molecule is CCCCCCCCCCCCCCCCOC1=CC2=C3C(=C4C=C(C(=O)OCCCCc5ccc6ccc7c(CCCCOC(=O)C8=CC9=C%10C(=C%11C=C(OCCCCCCCCCCCCCCCC)SC%11(C)C9(C)S8)C(F)(F)C(F)(F)C%10(F)F)ccc8ccc5c6c87)SC4(C)C2(C)S1)C(F)(F)C(F)(F)C3(F)F. The van der Waals surface area contributed by atoms with E-state index in [-0.39, 0.29) is 57.6 Å². The quantitative estimate of drug-likeness (QED) is 0.0185. The molecule has 4 atom stereocenters. The minimum atomic E-state index is -5.75. The summed E-state index contributed by atoms with van der Waals surface area (Å²) in [5, 5.41) is 6.52. The molecule has 0 N–H and O–H groups in total. The highest BCUT2D eigenvalue weighted by Crippen LogP contribution is 2.76. The van der Waals surface area contributed by atoms with Crippen LogP contribution in [0, 0.1) is 0 Å². The average molecular weight is 1620 g/mol. The molecule has 0 spiro atoms. The lowest BCUT2D eigenvalue weighted by Gasteiger charge is -2.46. The summed E-state index contributed by atoms with van der Waals surface area (Å²) in [6.07, 6.45) is 39.8. The third-order valence-electron chi connectivity index (χ3n) is 24.5. The fourth-order valence-electron chi connectivity index (χ4n) is 17.7.